The molecule has 0 fully saturated rings. The first-order chi connectivity index (χ1) is 11.3. The number of nitrogens with zero attached hydrogens (tertiary/aromatic N) is 2. The van der Waals surface area contributed by atoms with Crippen molar-refractivity contribution >= 4 is 16.6 Å². The Kier molecular flexibility index (Phi) is 3.59. The highest BCUT2D eigenvalue weighted by Crippen LogP contribution is 2.34. The Hall–Kier alpha value is -3.16. The van der Waals surface area contributed by atoms with Crippen LogP contribution in [-0.2, 0) is 6.18 Å². The summed E-state index contributed by atoms with van der Waals surface area (Å²) in [5.74, 6) is 0. The number of aromatic nitrogens is 1. The van der Waals surface area contributed by atoms with Crippen molar-refractivity contribution in [2.75, 3.05) is 0 Å². The topological polar surface area (TPSA) is 65.1 Å². The Bertz CT molecular complexity index is 1010. The molecule has 0 N–H and O–H groups in total. The van der Waals surface area contributed by atoms with E-state index in [0.717, 1.165) is 16.7 Å². The van der Waals surface area contributed by atoms with Crippen molar-refractivity contribution in [1.82, 2.24) is 4.57 Å². The fourth-order valence-electron chi connectivity index (χ4n) is 2.47. The van der Waals surface area contributed by atoms with E-state index in [9.17, 15) is 28.1 Å². The van der Waals surface area contributed by atoms with Gasteiger partial charge in [0.25, 0.3) is 11.2 Å². The minimum Gasteiger partial charge on any atom is -0.270 e. The molecule has 0 atom stereocenters. The molecule has 0 spiro atoms. The van der Waals surface area contributed by atoms with Crippen molar-refractivity contribution in [1.29, 1.82) is 0 Å². The molecule has 122 valence electrons. The van der Waals surface area contributed by atoms with Gasteiger partial charge in [-0.05, 0) is 29.7 Å². The van der Waals surface area contributed by atoms with Gasteiger partial charge in [0.15, 0.2) is 0 Å². The molecule has 5 nitrogen and oxygen atoms in total. The first-order valence-corrected chi connectivity index (χ1v) is 6.76. The van der Waals surface area contributed by atoms with E-state index >= 15 is 0 Å². The highest BCUT2D eigenvalue weighted by molar-refractivity contribution is 5.81. The number of hydrogen-bond acceptors (Lipinski definition) is 3. The molecule has 0 aliphatic rings. The highest BCUT2D eigenvalue weighted by Gasteiger charge is 2.33. The molecule has 0 aliphatic carbocycles. The van der Waals surface area contributed by atoms with Crippen molar-refractivity contribution in [3.8, 4) is 5.69 Å². The van der Waals surface area contributed by atoms with Gasteiger partial charge in [0.05, 0.1) is 16.0 Å². The van der Waals surface area contributed by atoms with Crippen LogP contribution in [0.1, 0.15) is 5.56 Å². The maximum atomic E-state index is 12.8. The Labute approximate surface area is 132 Å². The van der Waals surface area contributed by atoms with Gasteiger partial charge in [-0.25, -0.2) is 0 Å². The lowest BCUT2D eigenvalue weighted by Crippen LogP contribution is -2.19. The number of hydrogen-bond donors (Lipinski definition) is 0. The van der Waals surface area contributed by atoms with Gasteiger partial charge in [0, 0.05) is 12.1 Å². The summed E-state index contributed by atoms with van der Waals surface area (Å²) >= 11 is 0. The van der Waals surface area contributed by atoms with Crippen molar-refractivity contribution in [3.63, 3.8) is 0 Å². The zero-order valence-electron chi connectivity index (χ0n) is 11.9. The quantitative estimate of drug-likeness (QED) is 0.527. The fraction of sp³-hybridized carbons (Fsp3) is 0.0625. The summed E-state index contributed by atoms with van der Waals surface area (Å²) in [5.41, 5.74) is -2.35. The van der Waals surface area contributed by atoms with Gasteiger partial charge in [-0.2, -0.15) is 13.2 Å². The van der Waals surface area contributed by atoms with E-state index in [4.69, 9.17) is 0 Å². The summed E-state index contributed by atoms with van der Waals surface area (Å²) in [6.45, 7) is 0. The maximum absolute atomic E-state index is 12.8. The van der Waals surface area contributed by atoms with Crippen LogP contribution >= 0.6 is 0 Å². The van der Waals surface area contributed by atoms with Gasteiger partial charge in [-0.1, -0.05) is 18.2 Å². The smallest absolute Gasteiger partial charge is 0.270 e. The number of nitro benzene ring substituents is 1. The molecule has 2 aromatic carbocycles. The third-order valence-corrected chi connectivity index (χ3v) is 3.54. The standard InChI is InChI=1S/C16H9F3N2O3/c17-16(18,19)11-6-7-13(14(9-11)21(23)24)20-12-4-2-1-3-10(12)5-8-15(20)22/h1-9H. The van der Waals surface area contributed by atoms with Gasteiger partial charge < -0.3 is 0 Å². The Balaban J connectivity index is 2.37. The largest absolute Gasteiger partial charge is 0.416 e. The lowest BCUT2D eigenvalue weighted by atomic mass is 10.1. The van der Waals surface area contributed by atoms with E-state index in [1.165, 1.54) is 6.07 Å². The number of benzene rings is 2. The van der Waals surface area contributed by atoms with Crippen LogP contribution in [0.5, 0.6) is 0 Å². The SMILES string of the molecule is O=c1ccc2ccccc2n1-c1ccc(C(F)(F)F)cc1[N+](=O)[O-]. The van der Waals surface area contributed by atoms with Gasteiger partial charge in [0.2, 0.25) is 0 Å². The predicted molar refractivity (Wildman–Crippen MR) is 81.2 cm³/mol. The van der Waals surface area contributed by atoms with E-state index in [2.05, 4.69) is 0 Å². The third kappa shape index (κ3) is 2.62. The fourth-order valence-corrected chi connectivity index (χ4v) is 2.47. The van der Waals surface area contributed by atoms with Crippen molar-refractivity contribution in [3.05, 3.63) is 80.6 Å². The number of pyridine rings is 1. The van der Waals surface area contributed by atoms with Crippen LogP contribution < -0.4 is 5.56 Å². The molecule has 3 rings (SSSR count). The molecule has 0 aliphatic heterocycles. The van der Waals surface area contributed by atoms with E-state index < -0.39 is 27.9 Å². The Morgan fingerprint density at radius 1 is 1.00 bits per heavy atom. The molecule has 1 heterocycles. The number of fused-ring (bicyclic) bond motifs is 1. The summed E-state index contributed by atoms with van der Waals surface area (Å²) in [4.78, 5) is 22.5. The normalized spacial score (nSPS) is 11.6. The molecule has 0 amide bonds. The van der Waals surface area contributed by atoms with Crippen molar-refractivity contribution < 1.29 is 18.1 Å². The van der Waals surface area contributed by atoms with Crippen molar-refractivity contribution in [2.45, 2.75) is 6.18 Å². The zero-order valence-corrected chi connectivity index (χ0v) is 11.9. The number of para-hydroxylation sites is 1. The number of rotatable bonds is 2. The average molecular weight is 334 g/mol. The van der Waals surface area contributed by atoms with Gasteiger partial charge in [0.1, 0.15) is 5.69 Å². The first kappa shape index (κ1) is 15.7. The summed E-state index contributed by atoms with van der Waals surface area (Å²) < 4.78 is 39.5. The first-order valence-electron chi connectivity index (χ1n) is 6.76. The summed E-state index contributed by atoms with van der Waals surface area (Å²) in [7, 11) is 0. The molecule has 0 radical (unpaired) electrons. The number of halogens is 3. The molecule has 8 heteroatoms. The van der Waals surface area contributed by atoms with E-state index in [0.29, 0.717) is 17.0 Å². The van der Waals surface area contributed by atoms with E-state index in [-0.39, 0.29) is 5.69 Å². The molecular weight excluding hydrogens is 325 g/mol. The van der Waals surface area contributed by atoms with Crippen molar-refractivity contribution in [2.24, 2.45) is 0 Å². The Morgan fingerprint density at radius 3 is 2.38 bits per heavy atom. The van der Waals surface area contributed by atoms with E-state index in [1.54, 1.807) is 30.3 Å². The van der Waals surface area contributed by atoms with Crippen LogP contribution in [0.15, 0.2) is 59.4 Å². The molecule has 0 saturated heterocycles. The molecule has 3 aromatic rings. The van der Waals surface area contributed by atoms with Crippen LogP contribution in [0.25, 0.3) is 16.6 Å². The lowest BCUT2D eigenvalue weighted by molar-refractivity contribution is -0.384. The minimum atomic E-state index is -4.72. The summed E-state index contributed by atoms with van der Waals surface area (Å²) in [5, 5.41) is 11.9. The second-order valence-electron chi connectivity index (χ2n) is 5.02. The molecule has 0 bridgehead atoms. The highest BCUT2D eigenvalue weighted by atomic mass is 19.4. The summed E-state index contributed by atoms with van der Waals surface area (Å²) in [6, 6.07) is 11.5. The number of nitro groups is 1. The zero-order chi connectivity index (χ0) is 17.5. The monoisotopic (exact) mass is 334 g/mol. The molecular formula is C16H9F3N2O3. The number of alkyl halides is 3. The van der Waals surface area contributed by atoms with E-state index in [1.807, 2.05) is 0 Å². The average Bonchev–Trinajstić information content (AvgIpc) is 2.53. The van der Waals surface area contributed by atoms with Crippen LogP contribution in [-0.4, -0.2) is 9.49 Å². The van der Waals surface area contributed by atoms with Crippen LogP contribution in [0, 0.1) is 10.1 Å². The third-order valence-electron chi connectivity index (χ3n) is 3.54. The molecule has 0 unspecified atom stereocenters. The van der Waals surface area contributed by atoms with Gasteiger partial charge in [-0.3, -0.25) is 19.5 Å². The van der Waals surface area contributed by atoms with Gasteiger partial charge in [-0.15, -0.1) is 0 Å². The van der Waals surface area contributed by atoms with Crippen LogP contribution in [0.2, 0.25) is 0 Å². The molecule has 0 saturated carbocycles. The lowest BCUT2D eigenvalue weighted by Gasteiger charge is -2.12. The van der Waals surface area contributed by atoms with Gasteiger partial charge >= 0.3 is 6.18 Å². The molecule has 1 aromatic heterocycles. The van der Waals surface area contributed by atoms with Crippen LogP contribution in [0.3, 0.4) is 0 Å². The predicted octanol–water partition coefficient (Wildman–Crippen LogP) is 3.92. The Morgan fingerprint density at radius 2 is 1.71 bits per heavy atom. The minimum absolute atomic E-state index is 0.213. The maximum Gasteiger partial charge on any atom is 0.416 e. The van der Waals surface area contributed by atoms with Crippen LogP contribution in [0.4, 0.5) is 18.9 Å². The second kappa shape index (κ2) is 5.48. The molecule has 24 heavy (non-hydrogen) atoms. The summed E-state index contributed by atoms with van der Waals surface area (Å²) in [6.07, 6.45) is -4.72. The second-order valence-corrected chi connectivity index (χ2v) is 5.02.